The van der Waals surface area contributed by atoms with Crippen molar-refractivity contribution in [3.63, 3.8) is 0 Å². The number of allylic oxidation sites excluding steroid dienone is 2. The zero-order valence-corrected chi connectivity index (χ0v) is 8.89. The van der Waals surface area contributed by atoms with Crippen molar-refractivity contribution < 1.29 is 14.7 Å². The molecule has 4 nitrogen and oxygen atoms in total. The number of carbonyl (C=O) groups excluding carboxylic acids is 2. The molecule has 0 heterocycles. The second-order valence-corrected chi connectivity index (χ2v) is 4.35. The van der Waals surface area contributed by atoms with Crippen molar-refractivity contribution in [1.82, 2.24) is 5.32 Å². The molecule has 16 heavy (non-hydrogen) atoms. The van der Waals surface area contributed by atoms with Crippen LogP contribution in [0, 0.1) is 23.7 Å². The van der Waals surface area contributed by atoms with Crippen LogP contribution in [0.4, 0.5) is 0 Å². The van der Waals surface area contributed by atoms with Crippen LogP contribution in [0.25, 0.3) is 0 Å². The lowest BCUT2D eigenvalue weighted by molar-refractivity contribution is -0.313. The van der Waals surface area contributed by atoms with Crippen molar-refractivity contribution in [2.75, 3.05) is 6.54 Å². The van der Waals surface area contributed by atoms with E-state index in [1.165, 1.54) is 0 Å². The Morgan fingerprint density at radius 2 is 2.00 bits per heavy atom. The van der Waals surface area contributed by atoms with E-state index in [4.69, 9.17) is 0 Å². The summed E-state index contributed by atoms with van der Waals surface area (Å²) in [5.41, 5.74) is 0. The van der Waals surface area contributed by atoms with Crippen LogP contribution in [0.2, 0.25) is 0 Å². The molecular weight excluding hydrogens is 206 g/mol. The first kappa shape index (κ1) is 10.9. The fourth-order valence-electron chi connectivity index (χ4n) is 2.79. The SMILES string of the molecule is C=CCNC(=O)[C@@H]1[C@@H](C(=O)[O-])[C@H]2C=C[C@@H]1C2. The number of amides is 1. The minimum Gasteiger partial charge on any atom is -0.550 e. The molecular formula is C12H14NO3-. The van der Waals surface area contributed by atoms with Crippen LogP contribution in [-0.2, 0) is 9.59 Å². The van der Waals surface area contributed by atoms with Gasteiger partial charge in [-0.15, -0.1) is 6.58 Å². The monoisotopic (exact) mass is 220 g/mol. The summed E-state index contributed by atoms with van der Waals surface area (Å²) < 4.78 is 0. The third-order valence-corrected chi connectivity index (χ3v) is 3.45. The van der Waals surface area contributed by atoms with Gasteiger partial charge < -0.3 is 15.2 Å². The van der Waals surface area contributed by atoms with Gasteiger partial charge in [-0.25, -0.2) is 0 Å². The van der Waals surface area contributed by atoms with Gasteiger partial charge in [0.05, 0.1) is 5.92 Å². The van der Waals surface area contributed by atoms with E-state index in [-0.39, 0.29) is 17.7 Å². The third-order valence-electron chi connectivity index (χ3n) is 3.45. The van der Waals surface area contributed by atoms with Crippen LogP contribution in [0.15, 0.2) is 24.8 Å². The lowest BCUT2D eigenvalue weighted by Crippen LogP contribution is -2.44. The molecule has 2 bridgehead atoms. The Hall–Kier alpha value is -1.58. The number of aliphatic carboxylic acids is 1. The van der Waals surface area contributed by atoms with E-state index in [0.29, 0.717) is 6.54 Å². The number of carboxylic acids is 1. The Morgan fingerprint density at radius 1 is 1.38 bits per heavy atom. The van der Waals surface area contributed by atoms with Gasteiger partial charge in [-0.05, 0) is 18.3 Å². The largest absolute Gasteiger partial charge is 0.550 e. The normalized spacial score (nSPS) is 35.0. The van der Waals surface area contributed by atoms with Gasteiger partial charge in [0.1, 0.15) is 0 Å². The smallest absolute Gasteiger partial charge is 0.224 e. The van der Waals surface area contributed by atoms with E-state index in [0.717, 1.165) is 6.42 Å². The molecule has 0 aromatic carbocycles. The van der Waals surface area contributed by atoms with Gasteiger partial charge >= 0.3 is 0 Å². The molecule has 4 atom stereocenters. The maximum Gasteiger partial charge on any atom is 0.224 e. The summed E-state index contributed by atoms with van der Waals surface area (Å²) in [4.78, 5) is 22.9. The molecule has 2 aliphatic rings. The number of hydrogen-bond donors (Lipinski definition) is 1. The number of carboxylic acid groups (broad SMARTS) is 1. The second kappa shape index (κ2) is 4.12. The van der Waals surface area contributed by atoms with Crippen LogP contribution in [0.1, 0.15) is 6.42 Å². The molecule has 0 spiro atoms. The van der Waals surface area contributed by atoms with Crippen molar-refractivity contribution >= 4 is 11.9 Å². The minimum atomic E-state index is -1.12. The lowest BCUT2D eigenvalue weighted by Gasteiger charge is -2.27. The fourth-order valence-corrected chi connectivity index (χ4v) is 2.79. The molecule has 0 unspecified atom stereocenters. The number of fused-ring (bicyclic) bond motifs is 2. The molecule has 2 aliphatic carbocycles. The highest BCUT2D eigenvalue weighted by atomic mass is 16.4. The van der Waals surface area contributed by atoms with E-state index in [9.17, 15) is 14.7 Å². The highest BCUT2D eigenvalue weighted by Crippen LogP contribution is 2.47. The molecule has 1 amide bonds. The molecule has 0 aromatic rings. The van der Waals surface area contributed by atoms with E-state index >= 15 is 0 Å². The summed E-state index contributed by atoms with van der Waals surface area (Å²) >= 11 is 0. The molecule has 86 valence electrons. The van der Waals surface area contributed by atoms with E-state index in [2.05, 4.69) is 11.9 Å². The van der Waals surface area contributed by atoms with E-state index in [1.807, 2.05) is 12.2 Å². The summed E-state index contributed by atoms with van der Waals surface area (Å²) in [5, 5.41) is 13.7. The zero-order chi connectivity index (χ0) is 11.7. The Labute approximate surface area is 94.0 Å². The van der Waals surface area contributed by atoms with Crippen molar-refractivity contribution in [3.05, 3.63) is 24.8 Å². The lowest BCUT2D eigenvalue weighted by atomic mass is 9.82. The van der Waals surface area contributed by atoms with Crippen LogP contribution in [0.3, 0.4) is 0 Å². The predicted molar refractivity (Wildman–Crippen MR) is 55.9 cm³/mol. The molecule has 1 fully saturated rings. The van der Waals surface area contributed by atoms with E-state index in [1.54, 1.807) is 6.08 Å². The van der Waals surface area contributed by atoms with Crippen LogP contribution in [-0.4, -0.2) is 18.4 Å². The number of carbonyl (C=O) groups is 2. The van der Waals surface area contributed by atoms with Gasteiger partial charge in [-0.3, -0.25) is 4.79 Å². The highest BCUT2D eigenvalue weighted by Gasteiger charge is 2.48. The van der Waals surface area contributed by atoms with E-state index < -0.39 is 17.8 Å². The van der Waals surface area contributed by atoms with Crippen molar-refractivity contribution in [3.8, 4) is 0 Å². The van der Waals surface area contributed by atoms with Gasteiger partial charge in [-0.2, -0.15) is 0 Å². The first-order valence-corrected chi connectivity index (χ1v) is 5.43. The van der Waals surface area contributed by atoms with Crippen molar-refractivity contribution in [2.45, 2.75) is 6.42 Å². The molecule has 0 aliphatic heterocycles. The summed E-state index contributed by atoms with van der Waals surface area (Å²) in [7, 11) is 0. The van der Waals surface area contributed by atoms with Gasteiger partial charge in [0.15, 0.2) is 0 Å². The van der Waals surface area contributed by atoms with Crippen molar-refractivity contribution in [1.29, 1.82) is 0 Å². The van der Waals surface area contributed by atoms with Gasteiger partial charge in [-0.1, -0.05) is 18.2 Å². The van der Waals surface area contributed by atoms with Crippen LogP contribution < -0.4 is 10.4 Å². The fraction of sp³-hybridized carbons (Fsp3) is 0.500. The van der Waals surface area contributed by atoms with Crippen molar-refractivity contribution in [2.24, 2.45) is 23.7 Å². The molecule has 0 aromatic heterocycles. The number of nitrogens with one attached hydrogen (secondary N) is 1. The maximum absolute atomic E-state index is 11.8. The molecule has 0 radical (unpaired) electrons. The first-order valence-electron chi connectivity index (χ1n) is 5.43. The summed E-state index contributed by atoms with van der Waals surface area (Å²) in [6.45, 7) is 3.88. The number of rotatable bonds is 4. The highest BCUT2D eigenvalue weighted by molar-refractivity contribution is 5.86. The molecule has 0 saturated heterocycles. The Bertz CT molecular complexity index is 361. The number of hydrogen-bond acceptors (Lipinski definition) is 3. The standard InChI is InChI=1S/C12H15NO3/c1-2-5-13-11(14)9-7-3-4-8(6-7)10(9)12(15)16/h2-4,7-10H,1,5-6H2,(H,13,14)(H,15,16)/p-1/t7-,8+,9+,10+/m1/s1. The van der Waals surface area contributed by atoms with Crippen LogP contribution in [0.5, 0.6) is 0 Å². The average molecular weight is 220 g/mol. The summed E-state index contributed by atoms with van der Waals surface area (Å²) in [6, 6.07) is 0. The first-order chi connectivity index (χ1) is 7.65. The summed E-state index contributed by atoms with van der Waals surface area (Å²) in [6.07, 6.45) is 6.17. The van der Waals surface area contributed by atoms with Gasteiger partial charge in [0.25, 0.3) is 0 Å². The van der Waals surface area contributed by atoms with Gasteiger partial charge in [0.2, 0.25) is 5.91 Å². The Kier molecular flexibility index (Phi) is 2.81. The van der Waals surface area contributed by atoms with Crippen LogP contribution >= 0.6 is 0 Å². The minimum absolute atomic E-state index is 0.0329. The molecule has 4 heteroatoms. The Balaban J connectivity index is 2.13. The molecule has 2 rings (SSSR count). The zero-order valence-electron chi connectivity index (χ0n) is 8.89. The third kappa shape index (κ3) is 1.64. The topological polar surface area (TPSA) is 69.2 Å². The maximum atomic E-state index is 11.8. The average Bonchev–Trinajstić information content (AvgIpc) is 2.84. The molecule has 1 N–H and O–H groups in total. The summed E-state index contributed by atoms with van der Waals surface area (Å²) in [5.74, 6) is -2.44. The van der Waals surface area contributed by atoms with Gasteiger partial charge in [0, 0.05) is 18.4 Å². The predicted octanol–water partition coefficient (Wildman–Crippen LogP) is -0.523. The molecule has 1 saturated carbocycles. The quantitative estimate of drug-likeness (QED) is 0.648. The Morgan fingerprint density at radius 3 is 2.56 bits per heavy atom. The second-order valence-electron chi connectivity index (χ2n) is 4.35.